The van der Waals surface area contributed by atoms with E-state index in [4.69, 9.17) is 23.2 Å². The topological polar surface area (TPSA) is 17.1 Å². The van der Waals surface area contributed by atoms with E-state index in [1.165, 1.54) is 5.56 Å². The highest BCUT2D eigenvalue weighted by molar-refractivity contribution is 6.39. The quantitative estimate of drug-likeness (QED) is 0.678. The lowest BCUT2D eigenvalue weighted by molar-refractivity contribution is 0.0993. The Hall–Kier alpha value is -1.31. The summed E-state index contributed by atoms with van der Waals surface area (Å²) < 4.78 is 0. The molecule has 0 atom stereocenters. The third-order valence-corrected chi connectivity index (χ3v) is 3.88. The maximum atomic E-state index is 12.3. The predicted octanol–water partition coefficient (Wildman–Crippen LogP) is 5.54. The summed E-state index contributed by atoms with van der Waals surface area (Å²) in [5, 5.41) is 0.808. The van der Waals surface area contributed by atoms with Crippen molar-refractivity contribution < 1.29 is 4.79 Å². The molecule has 0 unspecified atom stereocenters. The summed E-state index contributed by atoms with van der Waals surface area (Å²) in [5.41, 5.74) is 2.64. The van der Waals surface area contributed by atoms with Gasteiger partial charge in [0.15, 0.2) is 5.78 Å². The maximum Gasteiger partial charge on any atom is 0.170 e. The molecular weight excluding hydrogens is 291 g/mol. The summed E-state index contributed by atoms with van der Waals surface area (Å²) in [6.07, 6.45) is 0.307. The molecule has 0 fully saturated rings. The highest BCUT2D eigenvalue weighted by Crippen LogP contribution is 2.26. The SMILES string of the molecule is CC(C)c1ccc(CC(=O)c2c(Cl)cccc2Cl)cc1. The fraction of sp³-hybridized carbons (Fsp3) is 0.235. The van der Waals surface area contributed by atoms with Gasteiger partial charge in [0, 0.05) is 6.42 Å². The molecule has 0 aliphatic rings. The van der Waals surface area contributed by atoms with Crippen molar-refractivity contribution in [3.05, 3.63) is 69.2 Å². The van der Waals surface area contributed by atoms with E-state index in [1.807, 2.05) is 12.1 Å². The molecule has 20 heavy (non-hydrogen) atoms. The Morgan fingerprint density at radius 3 is 2.05 bits per heavy atom. The van der Waals surface area contributed by atoms with Gasteiger partial charge in [0.05, 0.1) is 15.6 Å². The van der Waals surface area contributed by atoms with Gasteiger partial charge in [-0.05, 0) is 29.2 Å². The van der Waals surface area contributed by atoms with Gasteiger partial charge in [0.1, 0.15) is 0 Å². The highest BCUT2D eigenvalue weighted by Gasteiger charge is 2.14. The number of Topliss-reactive ketones (excluding diaryl/α,β-unsaturated/α-hetero) is 1. The monoisotopic (exact) mass is 306 g/mol. The molecule has 2 rings (SSSR count). The first-order valence-corrected chi connectivity index (χ1v) is 7.30. The molecule has 0 saturated carbocycles. The van der Waals surface area contributed by atoms with E-state index in [0.717, 1.165) is 5.56 Å². The molecule has 0 aliphatic heterocycles. The summed E-state index contributed by atoms with van der Waals surface area (Å²) in [7, 11) is 0. The molecule has 0 saturated heterocycles. The van der Waals surface area contributed by atoms with E-state index in [1.54, 1.807) is 18.2 Å². The molecule has 1 nitrogen and oxygen atoms in total. The summed E-state index contributed by atoms with van der Waals surface area (Å²) >= 11 is 12.1. The zero-order valence-corrected chi connectivity index (χ0v) is 13.0. The lowest BCUT2D eigenvalue weighted by atomic mass is 9.98. The van der Waals surface area contributed by atoms with E-state index in [9.17, 15) is 4.79 Å². The molecule has 0 N–H and O–H groups in total. The van der Waals surface area contributed by atoms with Crippen molar-refractivity contribution in [2.45, 2.75) is 26.2 Å². The minimum Gasteiger partial charge on any atom is -0.294 e. The van der Waals surface area contributed by atoms with Crippen LogP contribution >= 0.6 is 23.2 Å². The van der Waals surface area contributed by atoms with Crippen molar-refractivity contribution in [2.24, 2.45) is 0 Å². The molecular formula is C17H16Cl2O. The van der Waals surface area contributed by atoms with E-state index in [2.05, 4.69) is 26.0 Å². The third-order valence-electron chi connectivity index (χ3n) is 3.25. The smallest absolute Gasteiger partial charge is 0.170 e. The molecule has 104 valence electrons. The van der Waals surface area contributed by atoms with Crippen molar-refractivity contribution in [2.75, 3.05) is 0 Å². The van der Waals surface area contributed by atoms with Crippen molar-refractivity contribution in [1.29, 1.82) is 0 Å². The van der Waals surface area contributed by atoms with Gasteiger partial charge >= 0.3 is 0 Å². The van der Waals surface area contributed by atoms with E-state index in [0.29, 0.717) is 27.9 Å². The minimum absolute atomic E-state index is 0.0575. The molecule has 3 heteroatoms. The summed E-state index contributed by atoms with van der Waals surface area (Å²) in [5.74, 6) is 0.427. The van der Waals surface area contributed by atoms with Crippen LogP contribution in [0.15, 0.2) is 42.5 Å². The minimum atomic E-state index is -0.0575. The first-order valence-electron chi connectivity index (χ1n) is 6.55. The molecule has 0 radical (unpaired) electrons. The van der Waals surface area contributed by atoms with Crippen LogP contribution in [0.1, 0.15) is 41.3 Å². The molecule has 2 aromatic carbocycles. The van der Waals surface area contributed by atoms with Gasteiger partial charge in [-0.2, -0.15) is 0 Å². The van der Waals surface area contributed by atoms with Crippen molar-refractivity contribution in [3.8, 4) is 0 Å². The van der Waals surface area contributed by atoms with Crippen LogP contribution < -0.4 is 0 Å². The van der Waals surface area contributed by atoms with Crippen LogP contribution in [0, 0.1) is 0 Å². The van der Waals surface area contributed by atoms with Crippen LogP contribution in [0.25, 0.3) is 0 Å². The first-order chi connectivity index (χ1) is 9.49. The molecule has 0 bridgehead atoms. The second kappa shape index (κ2) is 6.43. The van der Waals surface area contributed by atoms with E-state index >= 15 is 0 Å². The highest BCUT2D eigenvalue weighted by atomic mass is 35.5. The fourth-order valence-electron chi connectivity index (χ4n) is 2.06. The summed E-state index contributed by atoms with van der Waals surface area (Å²) in [6.45, 7) is 4.29. The Labute approximate surface area is 129 Å². The van der Waals surface area contributed by atoms with Gasteiger partial charge in [-0.25, -0.2) is 0 Å². The largest absolute Gasteiger partial charge is 0.294 e. The van der Waals surface area contributed by atoms with Crippen LogP contribution in [-0.2, 0) is 6.42 Å². The van der Waals surface area contributed by atoms with Crippen LogP contribution in [0.2, 0.25) is 10.0 Å². The number of hydrogen-bond acceptors (Lipinski definition) is 1. The zero-order chi connectivity index (χ0) is 14.7. The molecule has 0 spiro atoms. The average Bonchev–Trinajstić information content (AvgIpc) is 2.39. The predicted molar refractivity (Wildman–Crippen MR) is 85.0 cm³/mol. The van der Waals surface area contributed by atoms with Gasteiger partial charge in [0.2, 0.25) is 0 Å². The second-order valence-corrected chi connectivity index (χ2v) is 5.91. The third kappa shape index (κ3) is 3.41. The van der Waals surface area contributed by atoms with Gasteiger partial charge in [-0.15, -0.1) is 0 Å². The number of ketones is 1. The van der Waals surface area contributed by atoms with Gasteiger partial charge in [0.25, 0.3) is 0 Å². The molecule has 2 aromatic rings. The average molecular weight is 307 g/mol. The normalized spacial score (nSPS) is 10.8. The van der Waals surface area contributed by atoms with Crippen molar-refractivity contribution >= 4 is 29.0 Å². The lowest BCUT2D eigenvalue weighted by Crippen LogP contribution is -2.05. The number of hydrogen-bond donors (Lipinski definition) is 0. The summed E-state index contributed by atoms with van der Waals surface area (Å²) in [6, 6.07) is 13.2. The first kappa shape index (κ1) is 15.1. The Morgan fingerprint density at radius 2 is 1.55 bits per heavy atom. The molecule has 0 heterocycles. The fourth-order valence-corrected chi connectivity index (χ4v) is 2.67. The maximum absolute atomic E-state index is 12.3. The number of carbonyl (C=O) groups is 1. The zero-order valence-electron chi connectivity index (χ0n) is 11.5. The van der Waals surface area contributed by atoms with Crippen molar-refractivity contribution in [1.82, 2.24) is 0 Å². The number of rotatable bonds is 4. The van der Waals surface area contributed by atoms with E-state index in [-0.39, 0.29) is 5.78 Å². The second-order valence-electron chi connectivity index (χ2n) is 5.09. The number of halogens is 2. The Morgan fingerprint density at radius 1 is 1.00 bits per heavy atom. The van der Waals surface area contributed by atoms with Gasteiger partial charge in [-0.1, -0.05) is 67.4 Å². The summed E-state index contributed by atoms with van der Waals surface area (Å²) in [4.78, 5) is 12.3. The lowest BCUT2D eigenvalue weighted by Gasteiger charge is -2.08. The van der Waals surface area contributed by atoms with Crippen LogP contribution in [0.3, 0.4) is 0 Å². The standard InChI is InChI=1S/C17H16Cl2O/c1-11(2)13-8-6-12(7-9-13)10-16(20)17-14(18)4-3-5-15(17)19/h3-9,11H,10H2,1-2H3. The number of benzene rings is 2. The van der Waals surface area contributed by atoms with Crippen LogP contribution in [0.4, 0.5) is 0 Å². The molecule has 0 aromatic heterocycles. The van der Waals surface area contributed by atoms with E-state index < -0.39 is 0 Å². The Bertz CT molecular complexity index is 595. The number of carbonyl (C=O) groups excluding carboxylic acids is 1. The Kier molecular flexibility index (Phi) is 4.85. The molecule has 0 amide bonds. The van der Waals surface area contributed by atoms with Crippen molar-refractivity contribution in [3.63, 3.8) is 0 Å². The van der Waals surface area contributed by atoms with Crippen LogP contribution in [-0.4, -0.2) is 5.78 Å². The van der Waals surface area contributed by atoms with Crippen LogP contribution in [0.5, 0.6) is 0 Å². The molecule has 0 aliphatic carbocycles. The van der Waals surface area contributed by atoms with Gasteiger partial charge < -0.3 is 0 Å². The van der Waals surface area contributed by atoms with Gasteiger partial charge in [-0.3, -0.25) is 4.79 Å². The Balaban J connectivity index is 2.19.